The lowest BCUT2D eigenvalue weighted by molar-refractivity contribution is 0.0651. The standard InChI is InChI=1S/C16H18FNO2/c1-18(14-6-4-7-14)16(20)15-11-13(17)9-8-12(15)5-2-3-10-19/h8-9,11,14,19H,3-4,6-7,10H2,1H3. The van der Waals surface area contributed by atoms with E-state index in [1.165, 1.54) is 18.2 Å². The average Bonchev–Trinajstić information content (AvgIpc) is 2.37. The van der Waals surface area contributed by atoms with Gasteiger partial charge < -0.3 is 10.0 Å². The number of amides is 1. The van der Waals surface area contributed by atoms with Crippen molar-refractivity contribution < 1.29 is 14.3 Å². The van der Waals surface area contributed by atoms with Crippen molar-refractivity contribution in [2.45, 2.75) is 31.7 Å². The Labute approximate surface area is 118 Å². The first kappa shape index (κ1) is 14.5. The summed E-state index contributed by atoms with van der Waals surface area (Å²) < 4.78 is 13.4. The highest BCUT2D eigenvalue weighted by molar-refractivity contribution is 5.96. The Bertz CT molecular complexity index is 555. The van der Waals surface area contributed by atoms with Crippen LogP contribution in [-0.2, 0) is 0 Å². The van der Waals surface area contributed by atoms with Gasteiger partial charge in [-0.25, -0.2) is 4.39 Å². The van der Waals surface area contributed by atoms with Crippen molar-refractivity contribution >= 4 is 5.91 Å². The van der Waals surface area contributed by atoms with Crippen LogP contribution in [0.5, 0.6) is 0 Å². The fraction of sp³-hybridized carbons (Fsp3) is 0.438. The van der Waals surface area contributed by atoms with E-state index in [0.29, 0.717) is 17.5 Å². The number of nitrogens with zero attached hydrogens (tertiary/aromatic N) is 1. The Morgan fingerprint density at radius 1 is 1.50 bits per heavy atom. The van der Waals surface area contributed by atoms with Crippen LogP contribution in [0.2, 0.25) is 0 Å². The van der Waals surface area contributed by atoms with Gasteiger partial charge in [-0.1, -0.05) is 11.8 Å². The number of aliphatic hydroxyl groups is 1. The molecule has 0 radical (unpaired) electrons. The minimum atomic E-state index is -0.442. The van der Waals surface area contributed by atoms with Gasteiger partial charge in [0.25, 0.3) is 5.91 Å². The van der Waals surface area contributed by atoms with Crippen molar-refractivity contribution in [3.05, 3.63) is 35.1 Å². The lowest BCUT2D eigenvalue weighted by Crippen LogP contribution is -2.41. The van der Waals surface area contributed by atoms with Crippen LogP contribution in [0, 0.1) is 17.7 Å². The number of hydrogen-bond acceptors (Lipinski definition) is 2. The molecule has 0 unspecified atom stereocenters. The minimum Gasteiger partial charge on any atom is -0.395 e. The summed E-state index contributed by atoms with van der Waals surface area (Å²) >= 11 is 0. The number of rotatable bonds is 3. The van der Waals surface area contributed by atoms with E-state index in [9.17, 15) is 9.18 Å². The Hall–Kier alpha value is -1.86. The van der Waals surface area contributed by atoms with Crippen LogP contribution in [0.25, 0.3) is 0 Å². The smallest absolute Gasteiger partial charge is 0.255 e. The second kappa shape index (κ2) is 6.53. The molecule has 106 valence electrons. The van der Waals surface area contributed by atoms with Gasteiger partial charge in [-0.2, -0.15) is 0 Å². The molecule has 1 aliphatic rings. The average molecular weight is 275 g/mol. The molecule has 0 saturated heterocycles. The van der Waals surface area contributed by atoms with Gasteiger partial charge in [0.1, 0.15) is 5.82 Å². The van der Waals surface area contributed by atoms with Crippen molar-refractivity contribution in [2.24, 2.45) is 0 Å². The Kier molecular flexibility index (Phi) is 4.75. The van der Waals surface area contributed by atoms with E-state index in [4.69, 9.17) is 5.11 Å². The highest BCUT2D eigenvalue weighted by Gasteiger charge is 2.27. The zero-order valence-corrected chi connectivity index (χ0v) is 11.5. The molecular weight excluding hydrogens is 257 g/mol. The molecule has 3 nitrogen and oxygen atoms in total. The predicted octanol–water partition coefficient (Wildman–Crippen LogP) is 2.18. The zero-order chi connectivity index (χ0) is 14.5. The van der Waals surface area contributed by atoms with Gasteiger partial charge in [0.2, 0.25) is 0 Å². The highest BCUT2D eigenvalue weighted by atomic mass is 19.1. The third-order valence-corrected chi connectivity index (χ3v) is 3.61. The number of benzene rings is 1. The maximum absolute atomic E-state index is 13.4. The molecule has 0 spiro atoms. The largest absolute Gasteiger partial charge is 0.395 e. The summed E-state index contributed by atoms with van der Waals surface area (Å²) in [5, 5.41) is 8.73. The maximum Gasteiger partial charge on any atom is 0.255 e. The van der Waals surface area contributed by atoms with Gasteiger partial charge in [0, 0.05) is 25.1 Å². The molecule has 0 atom stereocenters. The van der Waals surface area contributed by atoms with Crippen LogP contribution in [-0.4, -0.2) is 35.6 Å². The van der Waals surface area contributed by atoms with Crippen LogP contribution in [0.3, 0.4) is 0 Å². The minimum absolute atomic E-state index is 0.0283. The van der Waals surface area contributed by atoms with E-state index >= 15 is 0 Å². The summed E-state index contributed by atoms with van der Waals surface area (Å²) in [4.78, 5) is 14.1. The molecule has 1 fully saturated rings. The fourth-order valence-electron chi connectivity index (χ4n) is 2.15. The van der Waals surface area contributed by atoms with Crippen LogP contribution in [0.4, 0.5) is 4.39 Å². The monoisotopic (exact) mass is 275 g/mol. The summed E-state index contributed by atoms with van der Waals surface area (Å²) in [6.45, 7) is -0.0283. The first-order valence-electron chi connectivity index (χ1n) is 6.80. The predicted molar refractivity (Wildman–Crippen MR) is 74.7 cm³/mol. The van der Waals surface area contributed by atoms with E-state index in [-0.39, 0.29) is 18.6 Å². The molecule has 1 aliphatic carbocycles. The Morgan fingerprint density at radius 2 is 2.25 bits per heavy atom. The van der Waals surface area contributed by atoms with Gasteiger partial charge in [-0.15, -0.1) is 0 Å². The van der Waals surface area contributed by atoms with Crippen molar-refractivity contribution in [3.8, 4) is 11.8 Å². The van der Waals surface area contributed by atoms with Crippen molar-refractivity contribution in [1.29, 1.82) is 0 Å². The van der Waals surface area contributed by atoms with Crippen LogP contribution >= 0.6 is 0 Å². The van der Waals surface area contributed by atoms with Gasteiger partial charge in [-0.05, 0) is 37.5 Å². The maximum atomic E-state index is 13.4. The Balaban J connectivity index is 2.26. The normalized spacial score (nSPS) is 14.2. The Morgan fingerprint density at radius 3 is 2.85 bits per heavy atom. The van der Waals surface area contributed by atoms with Crippen LogP contribution in [0.1, 0.15) is 41.6 Å². The second-order valence-corrected chi connectivity index (χ2v) is 4.97. The molecule has 2 rings (SSSR count). The topological polar surface area (TPSA) is 40.5 Å². The SMILES string of the molecule is CN(C(=O)c1cc(F)ccc1C#CCCO)C1CCC1. The molecule has 0 heterocycles. The van der Waals surface area contributed by atoms with Gasteiger partial charge >= 0.3 is 0 Å². The number of carbonyl (C=O) groups is 1. The molecule has 20 heavy (non-hydrogen) atoms. The van der Waals surface area contributed by atoms with Gasteiger partial charge in [0.15, 0.2) is 0 Å². The molecule has 0 aromatic heterocycles. The van der Waals surface area contributed by atoms with Crippen molar-refractivity contribution in [1.82, 2.24) is 4.90 Å². The van der Waals surface area contributed by atoms with Crippen LogP contribution in [0.15, 0.2) is 18.2 Å². The van der Waals surface area contributed by atoms with Crippen LogP contribution < -0.4 is 0 Å². The lowest BCUT2D eigenvalue weighted by atomic mass is 9.91. The number of halogens is 1. The number of carbonyl (C=O) groups excluding carboxylic acids is 1. The second-order valence-electron chi connectivity index (χ2n) is 4.97. The van der Waals surface area contributed by atoms with E-state index < -0.39 is 5.82 Å². The number of aliphatic hydroxyl groups excluding tert-OH is 1. The van der Waals surface area contributed by atoms with Gasteiger partial charge in [-0.3, -0.25) is 4.79 Å². The van der Waals surface area contributed by atoms with Gasteiger partial charge in [0.05, 0.1) is 12.2 Å². The third-order valence-electron chi connectivity index (χ3n) is 3.61. The third kappa shape index (κ3) is 3.17. The number of hydrogen-bond donors (Lipinski definition) is 1. The molecule has 4 heteroatoms. The summed E-state index contributed by atoms with van der Waals surface area (Å²) in [6.07, 6.45) is 3.48. The summed E-state index contributed by atoms with van der Waals surface area (Å²) in [6, 6.07) is 4.30. The molecule has 0 bridgehead atoms. The summed E-state index contributed by atoms with van der Waals surface area (Å²) in [7, 11) is 1.75. The molecule has 1 aromatic carbocycles. The first-order chi connectivity index (χ1) is 9.63. The molecule has 1 amide bonds. The molecule has 1 aromatic rings. The zero-order valence-electron chi connectivity index (χ0n) is 11.5. The fourth-order valence-corrected chi connectivity index (χ4v) is 2.15. The lowest BCUT2D eigenvalue weighted by Gasteiger charge is -2.34. The quantitative estimate of drug-likeness (QED) is 0.859. The van der Waals surface area contributed by atoms with E-state index in [2.05, 4.69) is 11.8 Å². The van der Waals surface area contributed by atoms with E-state index in [0.717, 1.165) is 19.3 Å². The first-order valence-corrected chi connectivity index (χ1v) is 6.80. The molecule has 1 saturated carbocycles. The summed E-state index contributed by atoms with van der Waals surface area (Å²) in [5.74, 6) is 4.96. The van der Waals surface area contributed by atoms with Crippen molar-refractivity contribution in [2.75, 3.05) is 13.7 Å². The summed E-state index contributed by atoms with van der Waals surface area (Å²) in [5.41, 5.74) is 0.806. The van der Waals surface area contributed by atoms with E-state index in [1.54, 1.807) is 11.9 Å². The van der Waals surface area contributed by atoms with Crippen molar-refractivity contribution in [3.63, 3.8) is 0 Å². The van der Waals surface area contributed by atoms with E-state index in [1.807, 2.05) is 0 Å². The molecular formula is C16H18FNO2. The molecule has 0 aliphatic heterocycles. The molecule has 1 N–H and O–H groups in total. The highest BCUT2D eigenvalue weighted by Crippen LogP contribution is 2.25.